The van der Waals surface area contributed by atoms with Gasteiger partial charge in [0.05, 0.1) is 12.5 Å². The van der Waals surface area contributed by atoms with Gasteiger partial charge in [0.1, 0.15) is 11.9 Å². The Morgan fingerprint density at radius 3 is 3.00 bits per heavy atom. The predicted octanol–water partition coefficient (Wildman–Crippen LogP) is 3.92. The molecule has 0 amide bonds. The highest BCUT2D eigenvalue weighted by molar-refractivity contribution is 6.31. The van der Waals surface area contributed by atoms with E-state index >= 15 is 0 Å². The lowest BCUT2D eigenvalue weighted by atomic mass is 10.0. The van der Waals surface area contributed by atoms with Crippen LogP contribution in [0.3, 0.4) is 0 Å². The van der Waals surface area contributed by atoms with Gasteiger partial charge in [-0.05, 0) is 30.7 Å². The molecule has 1 aliphatic rings. The SMILES string of the molecule is CC1Cc2cc(Cl)cc(-c3ccoc3)c2O1. The molecule has 0 N–H and O–H groups in total. The maximum absolute atomic E-state index is 6.11. The van der Waals surface area contributed by atoms with Crippen LogP contribution in [0.25, 0.3) is 11.1 Å². The molecule has 0 aliphatic carbocycles. The van der Waals surface area contributed by atoms with Crippen LogP contribution in [-0.2, 0) is 6.42 Å². The molecule has 0 spiro atoms. The third kappa shape index (κ3) is 1.50. The number of ether oxygens (including phenoxy) is 1. The molecule has 1 aromatic carbocycles. The van der Waals surface area contributed by atoms with E-state index < -0.39 is 0 Å². The lowest BCUT2D eigenvalue weighted by Gasteiger charge is -2.08. The number of halogens is 1. The highest BCUT2D eigenvalue weighted by atomic mass is 35.5. The molecule has 16 heavy (non-hydrogen) atoms. The monoisotopic (exact) mass is 234 g/mol. The van der Waals surface area contributed by atoms with Crippen LogP contribution in [0.2, 0.25) is 5.02 Å². The van der Waals surface area contributed by atoms with Crippen LogP contribution in [0.15, 0.2) is 35.1 Å². The van der Waals surface area contributed by atoms with Crippen molar-refractivity contribution in [2.24, 2.45) is 0 Å². The first-order valence-electron chi connectivity index (χ1n) is 5.25. The van der Waals surface area contributed by atoms with Gasteiger partial charge in [0.2, 0.25) is 0 Å². The van der Waals surface area contributed by atoms with Crippen molar-refractivity contribution in [3.63, 3.8) is 0 Å². The molecule has 0 radical (unpaired) electrons. The van der Waals surface area contributed by atoms with Crippen molar-refractivity contribution in [3.8, 4) is 16.9 Å². The summed E-state index contributed by atoms with van der Waals surface area (Å²) in [4.78, 5) is 0. The summed E-state index contributed by atoms with van der Waals surface area (Å²) in [5.74, 6) is 0.943. The summed E-state index contributed by atoms with van der Waals surface area (Å²) in [6, 6.07) is 5.81. The van der Waals surface area contributed by atoms with E-state index in [2.05, 4.69) is 6.92 Å². The Hall–Kier alpha value is -1.41. The summed E-state index contributed by atoms with van der Waals surface area (Å²) in [5, 5.41) is 0.743. The third-order valence-electron chi connectivity index (χ3n) is 2.79. The largest absolute Gasteiger partial charge is 0.489 e. The van der Waals surface area contributed by atoms with Crippen LogP contribution in [0, 0.1) is 0 Å². The number of rotatable bonds is 1. The van der Waals surface area contributed by atoms with Crippen molar-refractivity contribution in [1.82, 2.24) is 0 Å². The zero-order chi connectivity index (χ0) is 11.1. The lowest BCUT2D eigenvalue weighted by molar-refractivity contribution is 0.255. The van der Waals surface area contributed by atoms with E-state index in [-0.39, 0.29) is 6.10 Å². The van der Waals surface area contributed by atoms with E-state index in [4.69, 9.17) is 20.8 Å². The number of furan rings is 1. The second-order valence-electron chi connectivity index (χ2n) is 4.09. The van der Waals surface area contributed by atoms with Gasteiger partial charge in [-0.15, -0.1) is 0 Å². The van der Waals surface area contributed by atoms with Crippen LogP contribution in [0.4, 0.5) is 0 Å². The summed E-state index contributed by atoms with van der Waals surface area (Å²) < 4.78 is 10.9. The maximum atomic E-state index is 6.11. The van der Waals surface area contributed by atoms with Gasteiger partial charge < -0.3 is 9.15 Å². The number of hydrogen-bond donors (Lipinski definition) is 0. The van der Waals surface area contributed by atoms with Crippen LogP contribution in [0.1, 0.15) is 12.5 Å². The van der Waals surface area contributed by atoms with Gasteiger partial charge in [0, 0.05) is 22.6 Å². The molecule has 2 nitrogen and oxygen atoms in total. The Balaban J connectivity index is 2.19. The van der Waals surface area contributed by atoms with Crippen molar-refractivity contribution in [3.05, 3.63) is 41.3 Å². The van der Waals surface area contributed by atoms with E-state index in [1.807, 2.05) is 18.2 Å². The van der Waals surface area contributed by atoms with E-state index in [1.165, 1.54) is 5.56 Å². The maximum Gasteiger partial charge on any atom is 0.131 e. The minimum Gasteiger partial charge on any atom is -0.489 e. The zero-order valence-corrected chi connectivity index (χ0v) is 9.62. The van der Waals surface area contributed by atoms with Crippen LogP contribution in [0.5, 0.6) is 5.75 Å². The summed E-state index contributed by atoms with van der Waals surface area (Å²) in [6.45, 7) is 2.06. The molecule has 1 unspecified atom stereocenters. The van der Waals surface area contributed by atoms with E-state index in [1.54, 1.807) is 12.5 Å². The fourth-order valence-corrected chi connectivity index (χ4v) is 2.37. The quantitative estimate of drug-likeness (QED) is 0.746. The Kier molecular flexibility index (Phi) is 2.18. The first-order chi connectivity index (χ1) is 7.74. The molecule has 2 heterocycles. The molecular formula is C13H11ClO2. The molecule has 0 saturated heterocycles. The molecule has 2 aromatic rings. The first-order valence-corrected chi connectivity index (χ1v) is 5.63. The van der Waals surface area contributed by atoms with Gasteiger partial charge in [0.15, 0.2) is 0 Å². The normalized spacial score (nSPS) is 18.2. The lowest BCUT2D eigenvalue weighted by Crippen LogP contribution is -2.05. The van der Waals surface area contributed by atoms with Crippen molar-refractivity contribution < 1.29 is 9.15 Å². The van der Waals surface area contributed by atoms with Gasteiger partial charge in [0.25, 0.3) is 0 Å². The smallest absolute Gasteiger partial charge is 0.131 e. The van der Waals surface area contributed by atoms with Crippen LogP contribution >= 0.6 is 11.6 Å². The topological polar surface area (TPSA) is 22.4 Å². The number of fused-ring (bicyclic) bond motifs is 1. The van der Waals surface area contributed by atoms with Crippen molar-refractivity contribution >= 4 is 11.6 Å². The van der Waals surface area contributed by atoms with Gasteiger partial charge in [-0.1, -0.05) is 11.6 Å². The predicted molar refractivity (Wildman–Crippen MR) is 62.9 cm³/mol. The molecule has 0 saturated carbocycles. The average Bonchev–Trinajstić information content (AvgIpc) is 2.83. The average molecular weight is 235 g/mol. The van der Waals surface area contributed by atoms with Crippen LogP contribution in [-0.4, -0.2) is 6.10 Å². The molecular weight excluding hydrogens is 224 g/mol. The molecule has 1 atom stereocenters. The van der Waals surface area contributed by atoms with E-state index in [0.717, 1.165) is 28.3 Å². The van der Waals surface area contributed by atoms with Crippen molar-refractivity contribution in [2.75, 3.05) is 0 Å². The standard InChI is InChI=1S/C13H11ClO2/c1-8-4-10-5-11(14)6-12(13(10)16-8)9-2-3-15-7-9/h2-3,5-8H,4H2,1H3. The number of hydrogen-bond acceptors (Lipinski definition) is 2. The fourth-order valence-electron chi connectivity index (χ4n) is 2.13. The Bertz CT molecular complexity index is 517. The molecule has 0 bridgehead atoms. The van der Waals surface area contributed by atoms with Crippen LogP contribution < -0.4 is 4.74 Å². The third-order valence-corrected chi connectivity index (χ3v) is 3.01. The Morgan fingerprint density at radius 2 is 2.25 bits per heavy atom. The molecule has 3 heteroatoms. The van der Waals surface area contributed by atoms with E-state index in [9.17, 15) is 0 Å². The Labute approximate surface area is 98.8 Å². The molecule has 82 valence electrons. The second kappa shape index (κ2) is 3.56. The summed E-state index contributed by atoms with van der Waals surface area (Å²) in [7, 11) is 0. The van der Waals surface area contributed by atoms with E-state index in [0.29, 0.717) is 0 Å². The van der Waals surface area contributed by atoms with Gasteiger partial charge in [-0.2, -0.15) is 0 Å². The van der Waals surface area contributed by atoms with Crippen molar-refractivity contribution in [2.45, 2.75) is 19.4 Å². The highest BCUT2D eigenvalue weighted by Gasteiger charge is 2.23. The molecule has 0 fully saturated rings. The van der Waals surface area contributed by atoms with Crippen molar-refractivity contribution in [1.29, 1.82) is 0 Å². The fraction of sp³-hybridized carbons (Fsp3) is 0.231. The molecule has 1 aromatic heterocycles. The Morgan fingerprint density at radius 1 is 1.38 bits per heavy atom. The minimum absolute atomic E-state index is 0.221. The van der Waals surface area contributed by atoms with Gasteiger partial charge in [-0.25, -0.2) is 0 Å². The van der Waals surface area contributed by atoms with Gasteiger partial charge >= 0.3 is 0 Å². The van der Waals surface area contributed by atoms with Gasteiger partial charge in [-0.3, -0.25) is 0 Å². The number of benzene rings is 1. The highest BCUT2D eigenvalue weighted by Crippen LogP contribution is 2.41. The summed E-state index contributed by atoms with van der Waals surface area (Å²) >= 11 is 6.11. The summed E-state index contributed by atoms with van der Waals surface area (Å²) in [5.41, 5.74) is 3.20. The second-order valence-corrected chi connectivity index (χ2v) is 4.52. The zero-order valence-electron chi connectivity index (χ0n) is 8.87. The summed E-state index contributed by atoms with van der Waals surface area (Å²) in [6.07, 6.45) is 4.50. The minimum atomic E-state index is 0.221. The first kappa shape index (κ1) is 9.79. The molecule has 1 aliphatic heterocycles. The molecule has 3 rings (SSSR count).